The number of hydrogen-bond donors (Lipinski definition) is 2. The molecule has 2 aromatic rings. The number of pyridine rings is 1. The van der Waals surface area contributed by atoms with E-state index in [0.29, 0.717) is 17.8 Å². The molecule has 0 bridgehead atoms. The number of rotatable bonds is 5. The van der Waals surface area contributed by atoms with E-state index in [4.69, 9.17) is 0 Å². The van der Waals surface area contributed by atoms with Crippen LogP contribution in [0.1, 0.15) is 36.7 Å². The number of amides is 2. The summed E-state index contributed by atoms with van der Waals surface area (Å²) < 4.78 is 0. The quantitative estimate of drug-likeness (QED) is 0.820. The molecule has 0 radical (unpaired) electrons. The third kappa shape index (κ3) is 6.22. The molecule has 0 saturated heterocycles. The number of nitrogens with zero attached hydrogens (tertiary/aromatic N) is 1. The van der Waals surface area contributed by atoms with Gasteiger partial charge in [0.15, 0.2) is 0 Å². The summed E-state index contributed by atoms with van der Waals surface area (Å²) in [6.07, 6.45) is 6.53. The molecule has 0 aliphatic carbocycles. The summed E-state index contributed by atoms with van der Waals surface area (Å²) in [5.41, 5.74) is 1.93. The van der Waals surface area contributed by atoms with Crippen LogP contribution >= 0.6 is 0 Å². The first-order valence-electron chi connectivity index (χ1n) is 8.11. The van der Waals surface area contributed by atoms with E-state index in [9.17, 15) is 9.59 Å². The Hall–Kier alpha value is -2.95. The van der Waals surface area contributed by atoms with Gasteiger partial charge in [-0.15, -0.1) is 0 Å². The summed E-state index contributed by atoms with van der Waals surface area (Å²) in [5, 5.41) is 5.69. The van der Waals surface area contributed by atoms with Crippen LogP contribution in [0, 0.1) is 5.41 Å². The zero-order valence-corrected chi connectivity index (χ0v) is 14.7. The van der Waals surface area contributed by atoms with Gasteiger partial charge in [-0.3, -0.25) is 14.6 Å². The van der Waals surface area contributed by atoms with E-state index in [1.165, 1.54) is 12.3 Å². The number of hydrogen-bond acceptors (Lipinski definition) is 3. The molecule has 1 aromatic heterocycles. The zero-order valence-electron chi connectivity index (χ0n) is 14.7. The van der Waals surface area contributed by atoms with Gasteiger partial charge in [-0.05, 0) is 35.3 Å². The lowest BCUT2D eigenvalue weighted by molar-refractivity contribution is -0.116. The first-order chi connectivity index (χ1) is 11.8. The van der Waals surface area contributed by atoms with Crippen molar-refractivity contribution in [2.24, 2.45) is 5.41 Å². The van der Waals surface area contributed by atoms with E-state index in [1.54, 1.807) is 24.4 Å². The molecule has 0 atom stereocenters. The van der Waals surface area contributed by atoms with Crippen molar-refractivity contribution < 1.29 is 9.59 Å². The van der Waals surface area contributed by atoms with Crippen molar-refractivity contribution in [3.8, 4) is 0 Å². The van der Waals surface area contributed by atoms with Crippen LogP contribution in [0.5, 0.6) is 0 Å². The third-order valence-corrected chi connectivity index (χ3v) is 3.38. The van der Waals surface area contributed by atoms with E-state index < -0.39 is 0 Å². The van der Waals surface area contributed by atoms with Gasteiger partial charge in [-0.25, -0.2) is 0 Å². The molecule has 1 heterocycles. The smallest absolute Gasteiger partial charge is 0.257 e. The lowest BCUT2D eigenvalue weighted by Crippen LogP contribution is -2.22. The Balaban J connectivity index is 2.02. The summed E-state index contributed by atoms with van der Waals surface area (Å²) in [4.78, 5) is 28.1. The Kier molecular flexibility index (Phi) is 6.06. The molecule has 2 rings (SSSR count). The van der Waals surface area contributed by atoms with E-state index in [-0.39, 0.29) is 17.2 Å². The van der Waals surface area contributed by atoms with Gasteiger partial charge in [-0.1, -0.05) is 45.0 Å². The van der Waals surface area contributed by atoms with E-state index in [2.05, 4.69) is 15.6 Å². The Labute approximate surface area is 148 Å². The largest absolute Gasteiger partial charge is 0.348 e. The Morgan fingerprint density at radius 3 is 2.56 bits per heavy atom. The van der Waals surface area contributed by atoms with Crippen LogP contribution in [0.4, 0.5) is 5.69 Å². The molecular formula is C20H23N3O2. The van der Waals surface area contributed by atoms with Crippen molar-refractivity contribution in [2.45, 2.75) is 27.3 Å². The highest BCUT2D eigenvalue weighted by Gasteiger charge is 2.10. The molecule has 0 aliphatic rings. The molecule has 0 saturated carbocycles. The topological polar surface area (TPSA) is 71.1 Å². The monoisotopic (exact) mass is 337 g/mol. The predicted octanol–water partition coefficient (Wildman–Crippen LogP) is 3.55. The number of nitrogens with one attached hydrogen (secondary N) is 2. The Morgan fingerprint density at radius 2 is 1.88 bits per heavy atom. The van der Waals surface area contributed by atoms with E-state index in [1.807, 2.05) is 45.0 Å². The maximum atomic E-state index is 12.3. The van der Waals surface area contributed by atoms with Gasteiger partial charge < -0.3 is 10.6 Å². The highest BCUT2D eigenvalue weighted by molar-refractivity contribution is 6.04. The van der Waals surface area contributed by atoms with Crippen LogP contribution in [0.15, 0.2) is 60.9 Å². The summed E-state index contributed by atoms with van der Waals surface area (Å²) in [6, 6.07) is 10.8. The Bertz CT molecular complexity index is 762. The van der Waals surface area contributed by atoms with Crippen molar-refractivity contribution in [3.63, 3.8) is 0 Å². The van der Waals surface area contributed by atoms with Crippen molar-refractivity contribution in [1.82, 2.24) is 10.3 Å². The molecule has 130 valence electrons. The highest BCUT2D eigenvalue weighted by Crippen LogP contribution is 2.16. The molecule has 5 heteroatoms. The summed E-state index contributed by atoms with van der Waals surface area (Å²) in [5.74, 6) is -0.400. The fourth-order valence-corrected chi connectivity index (χ4v) is 2.05. The van der Waals surface area contributed by atoms with Gasteiger partial charge in [0.25, 0.3) is 5.91 Å². The molecular weight excluding hydrogens is 314 g/mol. The number of carbonyl (C=O) groups is 2. The minimum atomic E-state index is -0.237. The van der Waals surface area contributed by atoms with Crippen molar-refractivity contribution in [1.29, 1.82) is 0 Å². The number of allylic oxidation sites excluding steroid dienone is 1. The van der Waals surface area contributed by atoms with Crippen LogP contribution in [-0.2, 0) is 11.3 Å². The van der Waals surface area contributed by atoms with Crippen molar-refractivity contribution in [3.05, 3.63) is 72.1 Å². The lowest BCUT2D eigenvalue weighted by atomic mass is 9.96. The van der Waals surface area contributed by atoms with Crippen LogP contribution in [0.25, 0.3) is 0 Å². The van der Waals surface area contributed by atoms with Crippen molar-refractivity contribution >= 4 is 17.5 Å². The van der Waals surface area contributed by atoms with Crippen LogP contribution in [0.2, 0.25) is 0 Å². The van der Waals surface area contributed by atoms with E-state index in [0.717, 1.165) is 5.56 Å². The van der Waals surface area contributed by atoms with Crippen LogP contribution < -0.4 is 10.6 Å². The summed E-state index contributed by atoms with van der Waals surface area (Å²) in [6.45, 7) is 6.41. The molecule has 0 fully saturated rings. The third-order valence-electron chi connectivity index (χ3n) is 3.38. The fraction of sp³-hybridized carbons (Fsp3) is 0.250. The first kappa shape index (κ1) is 18.4. The molecule has 0 spiro atoms. The predicted molar refractivity (Wildman–Crippen MR) is 99.1 cm³/mol. The number of carbonyl (C=O) groups excluding carboxylic acids is 2. The normalized spacial score (nSPS) is 11.3. The lowest BCUT2D eigenvalue weighted by Gasteiger charge is -2.12. The van der Waals surface area contributed by atoms with Gasteiger partial charge in [-0.2, -0.15) is 0 Å². The molecule has 1 aromatic carbocycles. The maximum Gasteiger partial charge on any atom is 0.257 e. The minimum Gasteiger partial charge on any atom is -0.348 e. The molecule has 2 N–H and O–H groups in total. The van der Waals surface area contributed by atoms with Crippen LogP contribution in [0.3, 0.4) is 0 Å². The molecule has 0 unspecified atom stereocenters. The number of anilines is 1. The van der Waals surface area contributed by atoms with Gasteiger partial charge in [0.1, 0.15) is 0 Å². The average molecular weight is 337 g/mol. The molecule has 5 nitrogen and oxygen atoms in total. The zero-order chi connectivity index (χ0) is 18.3. The second kappa shape index (κ2) is 8.24. The highest BCUT2D eigenvalue weighted by atomic mass is 16.2. The first-order valence-corrected chi connectivity index (χ1v) is 8.11. The standard InChI is InChI=1S/C20H23N3O2/c1-20(2,3)11-10-18(24)22-14-15-7-4-5-9-17(15)23-19(25)16-8-6-12-21-13-16/h4-13H,14H2,1-3H3,(H,22,24)(H,23,25)/b11-10+. The SMILES string of the molecule is CC(C)(C)/C=C/C(=O)NCc1ccccc1NC(=O)c1cccnc1. The number of aromatic nitrogens is 1. The van der Waals surface area contributed by atoms with Gasteiger partial charge in [0.2, 0.25) is 5.91 Å². The Morgan fingerprint density at radius 1 is 1.12 bits per heavy atom. The fourth-order valence-electron chi connectivity index (χ4n) is 2.05. The van der Waals surface area contributed by atoms with Gasteiger partial charge in [0.05, 0.1) is 5.56 Å². The number of benzene rings is 1. The summed E-state index contributed by atoms with van der Waals surface area (Å²) >= 11 is 0. The second-order valence-corrected chi connectivity index (χ2v) is 6.77. The second-order valence-electron chi connectivity index (χ2n) is 6.77. The average Bonchev–Trinajstić information content (AvgIpc) is 2.59. The van der Waals surface area contributed by atoms with Crippen molar-refractivity contribution in [2.75, 3.05) is 5.32 Å². The number of para-hydroxylation sites is 1. The van der Waals surface area contributed by atoms with E-state index >= 15 is 0 Å². The van der Waals surface area contributed by atoms with Crippen LogP contribution in [-0.4, -0.2) is 16.8 Å². The minimum absolute atomic E-state index is 0.0487. The van der Waals surface area contributed by atoms with Gasteiger partial charge >= 0.3 is 0 Å². The van der Waals surface area contributed by atoms with Gasteiger partial charge in [0, 0.05) is 24.6 Å². The molecule has 25 heavy (non-hydrogen) atoms. The molecule has 2 amide bonds. The molecule has 0 aliphatic heterocycles. The summed E-state index contributed by atoms with van der Waals surface area (Å²) in [7, 11) is 0. The maximum absolute atomic E-state index is 12.3.